The molecule has 4 aromatic rings. The molecule has 0 bridgehead atoms. The van der Waals surface area contributed by atoms with Gasteiger partial charge < -0.3 is 4.42 Å². The molecule has 0 N–H and O–H groups in total. The molecule has 5 rings (SSSR count). The van der Waals surface area contributed by atoms with Crippen molar-refractivity contribution in [2.24, 2.45) is 0 Å². The average molecular weight is 403 g/mol. The van der Waals surface area contributed by atoms with Gasteiger partial charge in [0.2, 0.25) is 5.76 Å². The molecule has 142 valence electrons. The lowest BCUT2D eigenvalue weighted by Crippen LogP contribution is -2.30. The van der Waals surface area contributed by atoms with E-state index in [1.54, 1.807) is 54.7 Å². The van der Waals surface area contributed by atoms with Crippen LogP contribution in [0.4, 0.5) is 5.82 Å². The average Bonchev–Trinajstić information content (AvgIpc) is 3.02. The van der Waals surface area contributed by atoms with Crippen LogP contribution in [0.5, 0.6) is 0 Å². The van der Waals surface area contributed by atoms with Gasteiger partial charge in [0, 0.05) is 11.2 Å². The predicted octanol–water partition coefficient (Wildman–Crippen LogP) is 4.90. The first-order valence-electron chi connectivity index (χ1n) is 9.12. The first kappa shape index (κ1) is 17.6. The number of aromatic nitrogens is 1. The zero-order valence-electron chi connectivity index (χ0n) is 15.4. The number of benzene rings is 2. The zero-order chi connectivity index (χ0) is 20.1. The monoisotopic (exact) mass is 402 g/mol. The van der Waals surface area contributed by atoms with Crippen molar-refractivity contribution < 1.29 is 9.21 Å². The standard InChI is InChI=1S/C23H15ClN2O3/c1-13-8-9-17-16(11-13)21(27)19-20(14-5-4-6-15(24)12-14)26(23(28)22(19)29-17)18-7-2-3-10-25-18/h2-12,20H,1H3. The number of anilines is 1. The Morgan fingerprint density at radius 1 is 1.03 bits per heavy atom. The third-order valence-electron chi connectivity index (χ3n) is 5.09. The van der Waals surface area contributed by atoms with Gasteiger partial charge in [-0.15, -0.1) is 0 Å². The van der Waals surface area contributed by atoms with Crippen LogP contribution in [0.2, 0.25) is 5.02 Å². The number of halogens is 1. The van der Waals surface area contributed by atoms with E-state index in [0.29, 0.717) is 27.4 Å². The van der Waals surface area contributed by atoms with Crippen LogP contribution in [-0.4, -0.2) is 10.9 Å². The number of amides is 1. The van der Waals surface area contributed by atoms with Gasteiger partial charge in [-0.1, -0.05) is 41.4 Å². The minimum atomic E-state index is -0.674. The Morgan fingerprint density at radius 3 is 2.66 bits per heavy atom. The van der Waals surface area contributed by atoms with Crippen molar-refractivity contribution in [1.29, 1.82) is 0 Å². The summed E-state index contributed by atoms with van der Waals surface area (Å²) in [6.07, 6.45) is 1.61. The van der Waals surface area contributed by atoms with Crippen LogP contribution in [0.3, 0.4) is 0 Å². The molecular weight excluding hydrogens is 388 g/mol. The van der Waals surface area contributed by atoms with E-state index in [1.807, 2.05) is 19.1 Å². The minimum Gasteiger partial charge on any atom is -0.450 e. The Balaban J connectivity index is 1.84. The molecule has 1 unspecified atom stereocenters. The Hall–Kier alpha value is -3.44. The van der Waals surface area contributed by atoms with Crippen molar-refractivity contribution >= 4 is 34.3 Å². The number of nitrogens with zero attached hydrogens (tertiary/aromatic N) is 2. The maximum atomic E-state index is 13.5. The molecule has 1 aliphatic rings. The first-order valence-corrected chi connectivity index (χ1v) is 9.50. The van der Waals surface area contributed by atoms with Crippen LogP contribution in [0.15, 0.2) is 76.1 Å². The fraction of sp³-hybridized carbons (Fsp3) is 0.0870. The summed E-state index contributed by atoms with van der Waals surface area (Å²) in [6, 6.07) is 17.1. The Bertz CT molecular complexity index is 1330. The Morgan fingerprint density at radius 2 is 1.90 bits per heavy atom. The SMILES string of the molecule is Cc1ccc2oc3c(c(=O)c2c1)C(c1cccc(Cl)c1)N(c1ccccn1)C3=O. The highest BCUT2D eigenvalue weighted by molar-refractivity contribution is 6.30. The van der Waals surface area contributed by atoms with Gasteiger partial charge in [0.25, 0.3) is 5.91 Å². The molecule has 5 nitrogen and oxygen atoms in total. The molecule has 1 amide bonds. The topological polar surface area (TPSA) is 63.4 Å². The van der Waals surface area contributed by atoms with Crippen LogP contribution in [0.1, 0.15) is 33.3 Å². The number of rotatable bonds is 2. The predicted molar refractivity (Wildman–Crippen MR) is 112 cm³/mol. The summed E-state index contributed by atoms with van der Waals surface area (Å²) in [7, 11) is 0. The second-order valence-electron chi connectivity index (χ2n) is 6.99. The highest BCUT2D eigenvalue weighted by Gasteiger charge is 2.44. The molecular formula is C23H15ClN2O3. The molecule has 0 saturated carbocycles. The Kier molecular flexibility index (Phi) is 4.00. The number of hydrogen-bond donors (Lipinski definition) is 0. The fourth-order valence-electron chi connectivity index (χ4n) is 3.81. The minimum absolute atomic E-state index is 0.0435. The van der Waals surface area contributed by atoms with Crippen molar-refractivity contribution in [3.63, 3.8) is 0 Å². The molecule has 6 heteroatoms. The van der Waals surface area contributed by atoms with E-state index in [0.717, 1.165) is 11.1 Å². The molecule has 3 heterocycles. The van der Waals surface area contributed by atoms with E-state index in [9.17, 15) is 9.59 Å². The van der Waals surface area contributed by atoms with Gasteiger partial charge in [-0.2, -0.15) is 0 Å². The largest absolute Gasteiger partial charge is 0.450 e. The summed E-state index contributed by atoms with van der Waals surface area (Å²) in [5, 5.41) is 0.969. The zero-order valence-corrected chi connectivity index (χ0v) is 16.2. The highest BCUT2D eigenvalue weighted by atomic mass is 35.5. The normalized spacial score (nSPS) is 15.7. The number of carbonyl (C=O) groups excluding carboxylic acids is 1. The second-order valence-corrected chi connectivity index (χ2v) is 7.43. The molecule has 0 radical (unpaired) electrons. The van der Waals surface area contributed by atoms with Crippen LogP contribution in [0, 0.1) is 6.92 Å². The number of aryl methyl sites for hydroxylation is 1. The lowest BCUT2D eigenvalue weighted by atomic mass is 9.98. The number of pyridine rings is 1. The summed E-state index contributed by atoms with van der Waals surface area (Å²) >= 11 is 6.22. The van der Waals surface area contributed by atoms with Gasteiger partial charge in [-0.05, 0) is 48.9 Å². The van der Waals surface area contributed by atoms with E-state index in [1.165, 1.54) is 4.90 Å². The van der Waals surface area contributed by atoms with E-state index < -0.39 is 11.9 Å². The van der Waals surface area contributed by atoms with E-state index in [2.05, 4.69) is 4.98 Å². The van der Waals surface area contributed by atoms with Crippen molar-refractivity contribution in [1.82, 2.24) is 4.98 Å². The molecule has 0 saturated heterocycles. The number of hydrogen-bond acceptors (Lipinski definition) is 4. The van der Waals surface area contributed by atoms with Gasteiger partial charge in [-0.25, -0.2) is 4.98 Å². The first-order chi connectivity index (χ1) is 14.0. The molecule has 0 fully saturated rings. The maximum absolute atomic E-state index is 13.5. The number of carbonyl (C=O) groups is 1. The lowest BCUT2D eigenvalue weighted by molar-refractivity contribution is 0.0970. The van der Waals surface area contributed by atoms with Gasteiger partial charge in [-0.3, -0.25) is 14.5 Å². The van der Waals surface area contributed by atoms with Gasteiger partial charge >= 0.3 is 0 Å². The van der Waals surface area contributed by atoms with E-state index in [-0.39, 0.29) is 11.2 Å². The molecule has 0 aliphatic carbocycles. The highest BCUT2D eigenvalue weighted by Crippen LogP contribution is 2.40. The Labute approximate surface area is 171 Å². The van der Waals surface area contributed by atoms with Crippen molar-refractivity contribution in [3.05, 3.63) is 105 Å². The van der Waals surface area contributed by atoms with Gasteiger partial charge in [0.15, 0.2) is 5.43 Å². The molecule has 1 atom stereocenters. The van der Waals surface area contributed by atoms with Gasteiger partial charge in [0.1, 0.15) is 11.4 Å². The quantitative estimate of drug-likeness (QED) is 0.478. The second kappa shape index (κ2) is 6.57. The molecule has 0 spiro atoms. The van der Waals surface area contributed by atoms with Crippen LogP contribution in [0.25, 0.3) is 11.0 Å². The number of fused-ring (bicyclic) bond motifs is 2. The molecule has 2 aromatic heterocycles. The summed E-state index contributed by atoms with van der Waals surface area (Å²) in [6.45, 7) is 1.91. The van der Waals surface area contributed by atoms with E-state index >= 15 is 0 Å². The van der Waals surface area contributed by atoms with Crippen LogP contribution >= 0.6 is 11.6 Å². The van der Waals surface area contributed by atoms with Crippen molar-refractivity contribution in [3.8, 4) is 0 Å². The summed E-state index contributed by atoms with van der Waals surface area (Å²) in [5.41, 5.74) is 2.13. The molecule has 29 heavy (non-hydrogen) atoms. The van der Waals surface area contributed by atoms with Crippen LogP contribution in [-0.2, 0) is 0 Å². The third-order valence-corrected chi connectivity index (χ3v) is 5.32. The van der Waals surface area contributed by atoms with Crippen LogP contribution < -0.4 is 10.3 Å². The summed E-state index contributed by atoms with van der Waals surface area (Å²) < 4.78 is 5.93. The fourth-order valence-corrected chi connectivity index (χ4v) is 4.01. The van der Waals surface area contributed by atoms with E-state index in [4.69, 9.17) is 16.0 Å². The smallest absolute Gasteiger partial charge is 0.296 e. The summed E-state index contributed by atoms with van der Waals surface area (Å²) in [5.74, 6) is 0.0822. The summed E-state index contributed by atoms with van der Waals surface area (Å²) in [4.78, 5) is 32.6. The lowest BCUT2D eigenvalue weighted by Gasteiger charge is -2.24. The van der Waals surface area contributed by atoms with Gasteiger partial charge in [0.05, 0.1) is 17.0 Å². The van der Waals surface area contributed by atoms with Crippen molar-refractivity contribution in [2.45, 2.75) is 13.0 Å². The maximum Gasteiger partial charge on any atom is 0.296 e. The third kappa shape index (κ3) is 2.74. The molecule has 2 aromatic carbocycles. The van der Waals surface area contributed by atoms with Crippen molar-refractivity contribution in [2.75, 3.05) is 4.90 Å². The molecule has 1 aliphatic heterocycles.